The standard InChI is InChI=1S/C53H90NO8P/c1-3-5-7-9-11-13-15-17-19-21-23-24-25-26-28-29-31-33-35-37-39-41-43-45-52(55)59-49-51(50-61-63(57,58)60-48-47-54)62-53(56)46-44-42-40-38-36-34-32-30-27-22-20-18-16-14-12-10-8-6-4-2/h6,8,12,14-15,17-18,20-21,23,27,30,34,36,40,42,51H,3-5,7,9-11,13,16,19,22,24-26,28-29,31-33,35,37-39,41,43-50,54H2,1-2H3,(H,57,58)/b8-6-,14-12-,17-15-,20-18-,23-21-,30-27-,36-34-,42-40-. The fraction of sp³-hybridized carbons (Fsp3) is 0.660. The van der Waals surface area contributed by atoms with Gasteiger partial charge in [0.25, 0.3) is 0 Å². The number of esters is 2. The molecule has 3 N–H and O–H groups in total. The molecule has 0 spiro atoms. The number of phosphoric ester groups is 1. The molecule has 0 saturated carbocycles. The van der Waals surface area contributed by atoms with Crippen LogP contribution in [0.15, 0.2) is 97.2 Å². The van der Waals surface area contributed by atoms with Gasteiger partial charge >= 0.3 is 19.8 Å². The van der Waals surface area contributed by atoms with E-state index in [-0.39, 0.29) is 32.6 Å². The van der Waals surface area contributed by atoms with Crippen molar-refractivity contribution in [3.63, 3.8) is 0 Å². The molecule has 0 aliphatic carbocycles. The van der Waals surface area contributed by atoms with Crippen molar-refractivity contribution in [1.82, 2.24) is 0 Å². The number of rotatable bonds is 45. The number of phosphoric acid groups is 1. The quantitative estimate of drug-likeness (QED) is 0.0265. The van der Waals surface area contributed by atoms with E-state index >= 15 is 0 Å². The van der Waals surface area contributed by atoms with Crippen molar-refractivity contribution >= 4 is 19.8 Å². The number of carbonyl (C=O) groups is 2. The maximum absolute atomic E-state index is 12.6. The van der Waals surface area contributed by atoms with Gasteiger partial charge in [0.05, 0.1) is 13.2 Å². The molecule has 0 radical (unpaired) electrons. The lowest BCUT2D eigenvalue weighted by molar-refractivity contribution is -0.161. The fourth-order valence-electron chi connectivity index (χ4n) is 6.34. The Labute approximate surface area is 385 Å². The Morgan fingerprint density at radius 2 is 0.905 bits per heavy atom. The van der Waals surface area contributed by atoms with Crippen LogP contribution in [-0.4, -0.2) is 49.3 Å². The minimum absolute atomic E-state index is 0.0368. The first-order chi connectivity index (χ1) is 30.8. The first kappa shape index (κ1) is 59.9. The third-order valence-electron chi connectivity index (χ3n) is 9.97. The Morgan fingerprint density at radius 1 is 0.492 bits per heavy atom. The van der Waals surface area contributed by atoms with E-state index < -0.39 is 32.5 Å². The number of carbonyl (C=O) groups excluding carboxylic acids is 2. The van der Waals surface area contributed by atoms with Crippen LogP contribution in [0, 0.1) is 0 Å². The molecule has 0 rings (SSSR count). The summed E-state index contributed by atoms with van der Waals surface area (Å²) < 4.78 is 32.8. The molecular weight excluding hydrogens is 810 g/mol. The topological polar surface area (TPSA) is 134 Å². The zero-order valence-corrected chi connectivity index (χ0v) is 40.7. The van der Waals surface area contributed by atoms with Crippen LogP contribution in [0.2, 0.25) is 0 Å². The average Bonchev–Trinajstić information content (AvgIpc) is 3.27. The van der Waals surface area contributed by atoms with Crippen molar-refractivity contribution in [2.24, 2.45) is 5.73 Å². The monoisotopic (exact) mass is 900 g/mol. The molecule has 0 bridgehead atoms. The largest absolute Gasteiger partial charge is 0.472 e. The minimum atomic E-state index is -4.41. The molecular formula is C53H90NO8P. The van der Waals surface area contributed by atoms with Gasteiger partial charge in [0.15, 0.2) is 6.10 Å². The number of unbranched alkanes of at least 4 members (excludes halogenated alkanes) is 16. The number of allylic oxidation sites excluding steroid dienone is 16. The highest BCUT2D eigenvalue weighted by Crippen LogP contribution is 2.43. The summed E-state index contributed by atoms with van der Waals surface area (Å²) in [7, 11) is -4.41. The number of ether oxygens (including phenoxy) is 2. The van der Waals surface area contributed by atoms with E-state index in [0.717, 1.165) is 64.2 Å². The number of hydrogen-bond acceptors (Lipinski definition) is 8. The molecule has 0 heterocycles. The Morgan fingerprint density at radius 3 is 1.37 bits per heavy atom. The first-order valence-electron chi connectivity index (χ1n) is 24.7. The second kappa shape index (κ2) is 48.4. The Hall–Kier alpha value is -3.07. The lowest BCUT2D eigenvalue weighted by Gasteiger charge is -2.19. The second-order valence-corrected chi connectivity index (χ2v) is 17.4. The molecule has 0 fully saturated rings. The van der Waals surface area contributed by atoms with Crippen LogP contribution >= 0.6 is 7.82 Å². The van der Waals surface area contributed by atoms with Crippen LogP contribution in [0.4, 0.5) is 0 Å². The van der Waals surface area contributed by atoms with Crippen LogP contribution in [0.1, 0.15) is 194 Å². The van der Waals surface area contributed by atoms with Gasteiger partial charge in [-0.25, -0.2) is 4.57 Å². The van der Waals surface area contributed by atoms with Crippen molar-refractivity contribution in [3.8, 4) is 0 Å². The van der Waals surface area contributed by atoms with Crippen LogP contribution < -0.4 is 5.73 Å². The lowest BCUT2D eigenvalue weighted by atomic mass is 10.0. The fourth-order valence-corrected chi connectivity index (χ4v) is 7.10. The molecule has 0 saturated heterocycles. The molecule has 2 atom stereocenters. The maximum Gasteiger partial charge on any atom is 0.472 e. The van der Waals surface area contributed by atoms with Gasteiger partial charge in [-0.2, -0.15) is 0 Å². The average molecular weight is 900 g/mol. The summed E-state index contributed by atoms with van der Waals surface area (Å²) in [5, 5.41) is 0. The summed E-state index contributed by atoms with van der Waals surface area (Å²) in [6.07, 6.45) is 63.2. The molecule has 0 amide bonds. The lowest BCUT2D eigenvalue weighted by Crippen LogP contribution is -2.29. The predicted molar refractivity (Wildman–Crippen MR) is 265 cm³/mol. The first-order valence-corrected chi connectivity index (χ1v) is 26.2. The van der Waals surface area contributed by atoms with Gasteiger partial charge in [0.2, 0.25) is 0 Å². The van der Waals surface area contributed by atoms with Gasteiger partial charge in [-0.1, -0.05) is 195 Å². The molecule has 9 nitrogen and oxygen atoms in total. The summed E-state index contributed by atoms with van der Waals surface area (Å²) in [6, 6.07) is 0. The van der Waals surface area contributed by atoms with Crippen LogP contribution in [0.5, 0.6) is 0 Å². The molecule has 0 aromatic rings. The summed E-state index contributed by atoms with van der Waals surface area (Å²) in [4.78, 5) is 35.0. The zero-order chi connectivity index (χ0) is 46.0. The molecule has 0 aromatic heterocycles. The maximum atomic E-state index is 12.6. The van der Waals surface area contributed by atoms with E-state index in [1.807, 2.05) is 12.2 Å². The Bertz CT molecular complexity index is 1350. The van der Waals surface area contributed by atoms with Crippen molar-refractivity contribution in [3.05, 3.63) is 97.2 Å². The minimum Gasteiger partial charge on any atom is -0.462 e. The van der Waals surface area contributed by atoms with Crippen molar-refractivity contribution in [2.45, 2.75) is 200 Å². The highest BCUT2D eigenvalue weighted by atomic mass is 31.2. The normalized spacial score (nSPS) is 14.0. The van der Waals surface area contributed by atoms with E-state index in [0.29, 0.717) is 12.8 Å². The van der Waals surface area contributed by atoms with E-state index in [9.17, 15) is 19.0 Å². The molecule has 10 heteroatoms. The third kappa shape index (κ3) is 48.2. The van der Waals surface area contributed by atoms with Crippen molar-refractivity contribution in [1.29, 1.82) is 0 Å². The molecule has 0 aromatic carbocycles. The highest BCUT2D eigenvalue weighted by Gasteiger charge is 2.25. The Balaban J connectivity index is 4.18. The van der Waals surface area contributed by atoms with E-state index in [2.05, 4.69) is 98.9 Å². The summed E-state index contributed by atoms with van der Waals surface area (Å²) in [5.41, 5.74) is 5.36. The van der Waals surface area contributed by atoms with Crippen LogP contribution in [0.3, 0.4) is 0 Å². The van der Waals surface area contributed by atoms with Gasteiger partial charge in [-0.15, -0.1) is 0 Å². The van der Waals surface area contributed by atoms with Crippen molar-refractivity contribution < 1.29 is 37.6 Å². The van der Waals surface area contributed by atoms with Gasteiger partial charge in [-0.05, 0) is 83.5 Å². The highest BCUT2D eigenvalue weighted by molar-refractivity contribution is 7.47. The van der Waals surface area contributed by atoms with Gasteiger partial charge in [-0.3, -0.25) is 18.6 Å². The Kier molecular flexibility index (Phi) is 46.0. The molecule has 360 valence electrons. The predicted octanol–water partition coefficient (Wildman–Crippen LogP) is 14.9. The number of nitrogens with two attached hydrogens (primary N) is 1. The zero-order valence-electron chi connectivity index (χ0n) is 39.8. The molecule has 2 unspecified atom stereocenters. The number of hydrogen-bond donors (Lipinski definition) is 2. The van der Waals surface area contributed by atoms with Gasteiger partial charge < -0.3 is 20.1 Å². The molecule has 0 aliphatic rings. The molecule has 0 aliphatic heterocycles. The summed E-state index contributed by atoms with van der Waals surface area (Å²) in [5.74, 6) is -0.934. The SMILES string of the molecule is CC/C=C\C/C=C\C/C=C\C/C=C\C/C=C\C/C=C\CCC(=O)OC(COC(=O)CCCCCCCCCCCCC/C=C\C/C=C\CCCCCCC)COP(=O)(O)OCCN. The van der Waals surface area contributed by atoms with Gasteiger partial charge in [0.1, 0.15) is 6.61 Å². The smallest absolute Gasteiger partial charge is 0.462 e. The van der Waals surface area contributed by atoms with E-state index in [4.69, 9.17) is 24.3 Å². The van der Waals surface area contributed by atoms with Crippen molar-refractivity contribution in [2.75, 3.05) is 26.4 Å². The van der Waals surface area contributed by atoms with Crippen LogP contribution in [0.25, 0.3) is 0 Å². The summed E-state index contributed by atoms with van der Waals surface area (Å²) >= 11 is 0. The van der Waals surface area contributed by atoms with E-state index in [1.54, 1.807) is 0 Å². The van der Waals surface area contributed by atoms with Gasteiger partial charge in [0, 0.05) is 19.4 Å². The third-order valence-corrected chi connectivity index (χ3v) is 11.0. The van der Waals surface area contributed by atoms with Crippen LogP contribution in [-0.2, 0) is 32.7 Å². The second-order valence-electron chi connectivity index (χ2n) is 15.9. The molecule has 63 heavy (non-hydrogen) atoms. The summed E-state index contributed by atoms with van der Waals surface area (Å²) in [6.45, 7) is 3.52. The van der Waals surface area contributed by atoms with E-state index in [1.165, 1.54) is 89.9 Å².